The van der Waals surface area contributed by atoms with Crippen molar-refractivity contribution in [2.45, 2.75) is 6.04 Å². The number of non-ortho nitro benzene ring substituents is 1. The third-order valence-electron chi connectivity index (χ3n) is 3.24. The van der Waals surface area contributed by atoms with E-state index < -0.39 is 27.8 Å². The summed E-state index contributed by atoms with van der Waals surface area (Å²) >= 11 is 0. The van der Waals surface area contributed by atoms with Gasteiger partial charge in [0.15, 0.2) is 0 Å². The number of rotatable bonds is 6. The molecule has 0 heterocycles. The molecule has 2 atom stereocenters. The van der Waals surface area contributed by atoms with Gasteiger partial charge in [-0.05, 0) is 17.7 Å². The molecule has 24 heavy (non-hydrogen) atoms. The first-order valence-electron chi connectivity index (χ1n) is 7.12. The van der Waals surface area contributed by atoms with Crippen molar-refractivity contribution >= 4 is 28.2 Å². The molecule has 0 aliphatic rings. The molecule has 2 aromatic rings. The largest absolute Gasteiger partial charge is 0.330 e. The molecular weight excluding hydrogens is 330 g/mol. The number of anilines is 1. The number of nitrogens with one attached hydrogen (secondary N) is 2. The van der Waals surface area contributed by atoms with Crippen molar-refractivity contribution in [3.05, 3.63) is 70.3 Å². The second-order valence-electron chi connectivity index (χ2n) is 5.11. The molecule has 8 heteroatoms. The fraction of sp³-hybridized carbons (Fsp3) is 0.188. The van der Waals surface area contributed by atoms with E-state index in [1.165, 1.54) is 24.3 Å². The van der Waals surface area contributed by atoms with E-state index >= 15 is 0 Å². The summed E-state index contributed by atoms with van der Waals surface area (Å²) in [4.78, 5) is 22.2. The Morgan fingerprint density at radius 2 is 1.79 bits per heavy atom. The van der Waals surface area contributed by atoms with Gasteiger partial charge in [-0.3, -0.25) is 14.3 Å². The Morgan fingerprint density at radius 3 is 2.33 bits per heavy atom. The lowest BCUT2D eigenvalue weighted by Crippen LogP contribution is -2.35. The second kappa shape index (κ2) is 8.21. The molecule has 0 aliphatic carbocycles. The molecule has 0 radical (unpaired) electrons. The van der Waals surface area contributed by atoms with Crippen LogP contribution in [0, 0.1) is 10.1 Å². The number of amides is 2. The second-order valence-corrected chi connectivity index (χ2v) is 6.59. The Hall–Kier alpha value is -2.74. The van der Waals surface area contributed by atoms with Gasteiger partial charge in [0, 0.05) is 40.6 Å². The zero-order valence-electron chi connectivity index (χ0n) is 13.0. The molecule has 2 rings (SSSR count). The molecule has 0 aliphatic heterocycles. The first-order chi connectivity index (χ1) is 11.5. The number of urea groups is 1. The van der Waals surface area contributed by atoms with E-state index in [0.717, 1.165) is 5.56 Å². The summed E-state index contributed by atoms with van der Waals surface area (Å²) in [6.45, 7) is 0. The molecule has 0 spiro atoms. The lowest BCUT2D eigenvalue weighted by molar-refractivity contribution is -0.384. The Balaban J connectivity index is 2.04. The first-order valence-corrected chi connectivity index (χ1v) is 8.85. The summed E-state index contributed by atoms with van der Waals surface area (Å²) in [7, 11) is -1.08. The van der Waals surface area contributed by atoms with E-state index in [1.54, 1.807) is 6.26 Å². The van der Waals surface area contributed by atoms with Crippen molar-refractivity contribution in [1.29, 1.82) is 0 Å². The maximum Gasteiger partial charge on any atom is 0.319 e. The molecule has 0 saturated carbocycles. The van der Waals surface area contributed by atoms with Crippen molar-refractivity contribution in [2.75, 3.05) is 17.3 Å². The molecule has 0 aromatic heterocycles. The van der Waals surface area contributed by atoms with Gasteiger partial charge in [0.2, 0.25) is 0 Å². The van der Waals surface area contributed by atoms with Crippen LogP contribution in [0.1, 0.15) is 11.6 Å². The lowest BCUT2D eigenvalue weighted by atomic mass is 10.1. The van der Waals surface area contributed by atoms with Gasteiger partial charge < -0.3 is 10.6 Å². The predicted octanol–water partition coefficient (Wildman–Crippen LogP) is 2.84. The Labute approximate surface area is 141 Å². The predicted molar refractivity (Wildman–Crippen MR) is 93.4 cm³/mol. The van der Waals surface area contributed by atoms with Gasteiger partial charge >= 0.3 is 6.03 Å². The first kappa shape index (κ1) is 17.6. The average Bonchev–Trinajstić information content (AvgIpc) is 2.55. The van der Waals surface area contributed by atoms with Gasteiger partial charge in [-0.15, -0.1) is 0 Å². The molecule has 0 saturated heterocycles. The van der Waals surface area contributed by atoms with Crippen LogP contribution in [0.4, 0.5) is 16.2 Å². The van der Waals surface area contributed by atoms with Crippen molar-refractivity contribution in [1.82, 2.24) is 5.32 Å². The summed E-state index contributed by atoms with van der Waals surface area (Å²) in [5.41, 5.74) is 1.23. The van der Waals surface area contributed by atoms with Gasteiger partial charge in [0.05, 0.1) is 11.0 Å². The van der Waals surface area contributed by atoms with Crippen molar-refractivity contribution in [3.8, 4) is 0 Å². The van der Waals surface area contributed by atoms with Crippen LogP contribution in [0.5, 0.6) is 0 Å². The van der Waals surface area contributed by atoms with Crippen LogP contribution in [0.25, 0.3) is 0 Å². The van der Waals surface area contributed by atoms with E-state index in [4.69, 9.17) is 0 Å². The van der Waals surface area contributed by atoms with Crippen LogP contribution < -0.4 is 10.6 Å². The number of hydrogen-bond donors (Lipinski definition) is 2. The Morgan fingerprint density at radius 1 is 1.17 bits per heavy atom. The highest BCUT2D eigenvalue weighted by molar-refractivity contribution is 7.84. The minimum absolute atomic E-state index is 0.0514. The fourth-order valence-electron chi connectivity index (χ4n) is 2.13. The van der Waals surface area contributed by atoms with Gasteiger partial charge in [-0.1, -0.05) is 30.3 Å². The summed E-state index contributed by atoms with van der Waals surface area (Å²) in [6, 6.07) is 13.9. The number of nitrogens with zero attached hydrogens (tertiary/aromatic N) is 1. The standard InChI is InChI=1S/C16H17N3O4S/c1-24(23)11-15(12-5-3-2-4-6-12)18-16(20)17-13-7-9-14(10-8-13)19(21)22/h2-10,15H,11H2,1H3,(H2,17,18,20)/t15-,24-/m0/s1. The number of benzene rings is 2. The summed E-state index contributed by atoms with van der Waals surface area (Å²) in [6.07, 6.45) is 1.58. The number of nitro groups is 1. The quantitative estimate of drug-likeness (QED) is 0.619. The van der Waals surface area contributed by atoms with E-state index in [0.29, 0.717) is 5.69 Å². The van der Waals surface area contributed by atoms with Crippen molar-refractivity contribution in [3.63, 3.8) is 0 Å². The SMILES string of the molecule is C[S@](=O)C[C@H](NC(=O)Nc1ccc([N+](=O)[O-])cc1)c1ccccc1. The van der Waals surface area contributed by atoms with Crippen molar-refractivity contribution in [2.24, 2.45) is 0 Å². The normalized spacial score (nSPS) is 12.9. The highest BCUT2D eigenvalue weighted by Crippen LogP contribution is 2.17. The summed E-state index contributed by atoms with van der Waals surface area (Å²) < 4.78 is 11.5. The van der Waals surface area contributed by atoms with E-state index in [9.17, 15) is 19.1 Å². The summed E-state index contributed by atoms with van der Waals surface area (Å²) in [5, 5.41) is 16.0. The van der Waals surface area contributed by atoms with Crippen LogP contribution in [0.15, 0.2) is 54.6 Å². The minimum atomic E-state index is -1.08. The highest BCUT2D eigenvalue weighted by atomic mass is 32.2. The number of nitro benzene ring substituents is 1. The molecule has 126 valence electrons. The van der Waals surface area contributed by atoms with Crippen LogP contribution in [0.2, 0.25) is 0 Å². The lowest BCUT2D eigenvalue weighted by Gasteiger charge is -2.18. The van der Waals surface area contributed by atoms with E-state index in [-0.39, 0.29) is 11.4 Å². The number of carbonyl (C=O) groups excluding carboxylic acids is 1. The molecule has 2 aromatic carbocycles. The van der Waals surface area contributed by atoms with E-state index in [2.05, 4.69) is 10.6 Å². The Bertz CT molecular complexity index is 735. The zero-order chi connectivity index (χ0) is 17.5. The topological polar surface area (TPSA) is 101 Å². The maximum atomic E-state index is 12.1. The molecule has 2 N–H and O–H groups in total. The monoisotopic (exact) mass is 347 g/mol. The smallest absolute Gasteiger partial charge is 0.319 e. The van der Waals surface area contributed by atoms with Gasteiger partial charge in [0.1, 0.15) is 0 Å². The van der Waals surface area contributed by atoms with Crippen LogP contribution in [-0.2, 0) is 10.8 Å². The number of carbonyl (C=O) groups is 1. The zero-order valence-corrected chi connectivity index (χ0v) is 13.8. The van der Waals surface area contributed by atoms with E-state index in [1.807, 2.05) is 30.3 Å². The number of hydrogen-bond acceptors (Lipinski definition) is 4. The minimum Gasteiger partial charge on any atom is -0.330 e. The average molecular weight is 347 g/mol. The van der Waals surface area contributed by atoms with Crippen LogP contribution in [0.3, 0.4) is 0 Å². The Kier molecular flexibility index (Phi) is 6.02. The highest BCUT2D eigenvalue weighted by Gasteiger charge is 2.16. The van der Waals surface area contributed by atoms with Crippen LogP contribution >= 0.6 is 0 Å². The molecule has 0 bridgehead atoms. The molecule has 7 nitrogen and oxygen atoms in total. The summed E-state index contributed by atoms with van der Waals surface area (Å²) in [5.74, 6) is 0.289. The molecule has 2 amide bonds. The van der Waals surface area contributed by atoms with Crippen molar-refractivity contribution < 1.29 is 13.9 Å². The molecule has 0 fully saturated rings. The maximum absolute atomic E-state index is 12.1. The third kappa shape index (κ3) is 5.17. The third-order valence-corrected chi connectivity index (χ3v) is 4.05. The molecular formula is C16H17N3O4S. The van der Waals surface area contributed by atoms with Gasteiger partial charge in [-0.2, -0.15) is 0 Å². The van der Waals surface area contributed by atoms with Gasteiger partial charge in [-0.25, -0.2) is 4.79 Å². The van der Waals surface area contributed by atoms with Gasteiger partial charge in [0.25, 0.3) is 5.69 Å². The molecule has 0 unspecified atom stereocenters. The fourth-order valence-corrected chi connectivity index (χ4v) is 2.88. The van der Waals surface area contributed by atoms with Crippen LogP contribution in [-0.4, -0.2) is 27.2 Å².